The third-order valence-electron chi connectivity index (χ3n) is 3.81. The topological polar surface area (TPSA) is 81.8 Å². The van der Waals surface area contributed by atoms with E-state index in [2.05, 4.69) is 0 Å². The van der Waals surface area contributed by atoms with Crippen molar-refractivity contribution >= 4 is 22.4 Å². The monoisotopic (exact) mass is 323 g/mol. The summed E-state index contributed by atoms with van der Waals surface area (Å²) < 4.78 is 11.2. The molecule has 0 aromatic heterocycles. The minimum absolute atomic E-state index is 0.0718. The van der Waals surface area contributed by atoms with Crippen molar-refractivity contribution in [2.75, 3.05) is 12.8 Å². The Hall–Kier alpha value is -3.21. The van der Waals surface area contributed by atoms with Crippen molar-refractivity contribution in [1.29, 1.82) is 0 Å². The molecule has 5 nitrogen and oxygen atoms in total. The number of anilines is 1. The fourth-order valence-electron chi connectivity index (χ4n) is 2.55. The summed E-state index contributed by atoms with van der Waals surface area (Å²) in [6, 6.07) is 16.5. The lowest BCUT2D eigenvalue weighted by molar-refractivity contribution is 0.0698. The van der Waals surface area contributed by atoms with Gasteiger partial charge in [-0.15, -0.1) is 0 Å². The summed E-state index contributed by atoms with van der Waals surface area (Å²) in [6.07, 6.45) is 0. The summed E-state index contributed by atoms with van der Waals surface area (Å²) in [7, 11) is 1.54. The molecular weight excluding hydrogens is 306 g/mol. The number of fused-ring (bicyclic) bond motifs is 1. The molecule has 3 rings (SSSR count). The van der Waals surface area contributed by atoms with E-state index in [0.29, 0.717) is 23.5 Å². The van der Waals surface area contributed by atoms with Crippen molar-refractivity contribution < 1.29 is 19.4 Å². The summed E-state index contributed by atoms with van der Waals surface area (Å²) in [5, 5.41) is 10.6. The van der Waals surface area contributed by atoms with Gasteiger partial charge in [-0.1, -0.05) is 36.4 Å². The number of aromatic carboxylic acids is 1. The number of methoxy groups -OCH3 is 1. The molecule has 0 spiro atoms. The number of carboxylic acid groups (broad SMARTS) is 1. The van der Waals surface area contributed by atoms with Crippen LogP contribution in [0.3, 0.4) is 0 Å². The van der Waals surface area contributed by atoms with E-state index in [1.807, 2.05) is 30.3 Å². The fourth-order valence-corrected chi connectivity index (χ4v) is 2.55. The van der Waals surface area contributed by atoms with Crippen LogP contribution >= 0.6 is 0 Å². The molecule has 0 unspecified atom stereocenters. The molecule has 3 N–H and O–H groups in total. The fraction of sp³-hybridized carbons (Fsp3) is 0.105. The van der Waals surface area contributed by atoms with Crippen molar-refractivity contribution in [3.8, 4) is 11.5 Å². The number of benzene rings is 3. The van der Waals surface area contributed by atoms with Gasteiger partial charge in [0, 0.05) is 5.39 Å². The first-order valence-electron chi connectivity index (χ1n) is 7.40. The molecule has 24 heavy (non-hydrogen) atoms. The molecule has 0 radical (unpaired) electrons. The Labute approximate surface area is 139 Å². The van der Waals surface area contributed by atoms with Gasteiger partial charge in [-0.3, -0.25) is 0 Å². The van der Waals surface area contributed by atoms with Crippen LogP contribution in [0.5, 0.6) is 11.5 Å². The second-order valence-corrected chi connectivity index (χ2v) is 5.33. The van der Waals surface area contributed by atoms with E-state index < -0.39 is 5.97 Å². The standard InChI is InChI=1S/C19H17NO4/c1-23-16-10-15-13(7-8-14(18(15)20)19(21)22)9-17(16)24-11-12-5-3-2-4-6-12/h2-10H,11,20H2,1H3,(H,21,22). The summed E-state index contributed by atoms with van der Waals surface area (Å²) in [5.74, 6) is 0.0294. The van der Waals surface area contributed by atoms with Crippen LogP contribution in [-0.4, -0.2) is 18.2 Å². The summed E-state index contributed by atoms with van der Waals surface area (Å²) >= 11 is 0. The smallest absolute Gasteiger partial charge is 0.337 e. The van der Waals surface area contributed by atoms with Crippen LogP contribution in [0.4, 0.5) is 5.69 Å². The van der Waals surface area contributed by atoms with Crippen LogP contribution in [0.15, 0.2) is 54.6 Å². The van der Waals surface area contributed by atoms with E-state index in [4.69, 9.17) is 15.2 Å². The van der Waals surface area contributed by atoms with E-state index in [1.165, 1.54) is 13.2 Å². The van der Waals surface area contributed by atoms with Crippen molar-refractivity contribution in [3.05, 3.63) is 65.7 Å². The van der Waals surface area contributed by atoms with Gasteiger partial charge in [0.05, 0.1) is 18.4 Å². The van der Waals surface area contributed by atoms with Crippen molar-refractivity contribution in [1.82, 2.24) is 0 Å². The molecule has 0 atom stereocenters. The van der Waals surface area contributed by atoms with E-state index in [9.17, 15) is 9.90 Å². The van der Waals surface area contributed by atoms with Crippen LogP contribution in [-0.2, 0) is 6.61 Å². The number of nitrogens with two attached hydrogens (primary N) is 1. The highest BCUT2D eigenvalue weighted by molar-refractivity contribution is 6.05. The van der Waals surface area contributed by atoms with E-state index in [0.717, 1.165) is 10.9 Å². The van der Waals surface area contributed by atoms with E-state index >= 15 is 0 Å². The van der Waals surface area contributed by atoms with Crippen LogP contribution in [0, 0.1) is 0 Å². The minimum atomic E-state index is -1.06. The van der Waals surface area contributed by atoms with Gasteiger partial charge in [-0.2, -0.15) is 0 Å². The Morgan fingerprint density at radius 1 is 1.08 bits per heavy atom. The van der Waals surface area contributed by atoms with Gasteiger partial charge >= 0.3 is 5.97 Å². The molecule has 122 valence electrons. The molecule has 3 aromatic carbocycles. The number of hydrogen-bond donors (Lipinski definition) is 2. The van der Waals surface area contributed by atoms with Gasteiger partial charge < -0.3 is 20.3 Å². The number of carboxylic acids is 1. The molecule has 0 aliphatic heterocycles. The molecule has 0 aliphatic rings. The summed E-state index contributed by atoms with van der Waals surface area (Å²) in [4.78, 5) is 11.2. The van der Waals surface area contributed by atoms with Crippen LogP contribution < -0.4 is 15.2 Å². The van der Waals surface area contributed by atoms with Gasteiger partial charge in [-0.25, -0.2) is 4.79 Å². The van der Waals surface area contributed by atoms with Crippen molar-refractivity contribution in [2.45, 2.75) is 6.61 Å². The molecule has 0 fully saturated rings. The van der Waals surface area contributed by atoms with Crippen molar-refractivity contribution in [2.24, 2.45) is 0 Å². The Kier molecular flexibility index (Phi) is 4.24. The van der Waals surface area contributed by atoms with E-state index in [1.54, 1.807) is 18.2 Å². The lowest BCUT2D eigenvalue weighted by Gasteiger charge is -2.14. The molecule has 0 saturated carbocycles. The highest BCUT2D eigenvalue weighted by Gasteiger charge is 2.14. The Morgan fingerprint density at radius 2 is 1.83 bits per heavy atom. The van der Waals surface area contributed by atoms with E-state index in [-0.39, 0.29) is 11.3 Å². The second kappa shape index (κ2) is 6.50. The SMILES string of the molecule is COc1cc2c(N)c(C(=O)O)ccc2cc1OCc1ccccc1. The predicted molar refractivity (Wildman–Crippen MR) is 92.6 cm³/mol. The van der Waals surface area contributed by atoms with Gasteiger partial charge in [0.2, 0.25) is 0 Å². The average molecular weight is 323 g/mol. The van der Waals surface area contributed by atoms with Gasteiger partial charge in [0.1, 0.15) is 6.61 Å². The number of rotatable bonds is 5. The summed E-state index contributed by atoms with van der Waals surface area (Å²) in [6.45, 7) is 0.408. The first-order valence-corrected chi connectivity index (χ1v) is 7.40. The molecule has 0 bridgehead atoms. The number of hydrogen-bond acceptors (Lipinski definition) is 4. The first kappa shape index (κ1) is 15.7. The maximum atomic E-state index is 11.2. The largest absolute Gasteiger partial charge is 0.493 e. The lowest BCUT2D eigenvalue weighted by atomic mass is 10.0. The average Bonchev–Trinajstić information content (AvgIpc) is 2.60. The normalized spacial score (nSPS) is 10.5. The maximum absolute atomic E-state index is 11.2. The first-order chi connectivity index (χ1) is 11.6. The van der Waals surface area contributed by atoms with Crippen LogP contribution in [0.25, 0.3) is 10.8 Å². The quantitative estimate of drug-likeness (QED) is 0.700. The second-order valence-electron chi connectivity index (χ2n) is 5.33. The molecule has 5 heteroatoms. The molecule has 0 saturated heterocycles. The Bertz CT molecular complexity index is 891. The Balaban J connectivity index is 1.99. The number of carbonyl (C=O) groups is 1. The zero-order valence-corrected chi connectivity index (χ0v) is 13.2. The van der Waals surface area contributed by atoms with Gasteiger partial charge in [0.15, 0.2) is 11.5 Å². The highest BCUT2D eigenvalue weighted by Crippen LogP contribution is 2.36. The van der Waals surface area contributed by atoms with Gasteiger partial charge in [-0.05, 0) is 29.1 Å². The molecule has 0 aliphatic carbocycles. The van der Waals surface area contributed by atoms with Crippen LogP contribution in [0.1, 0.15) is 15.9 Å². The number of nitrogen functional groups attached to an aromatic ring is 1. The predicted octanol–water partition coefficient (Wildman–Crippen LogP) is 3.71. The number of ether oxygens (including phenoxy) is 2. The Morgan fingerprint density at radius 3 is 2.50 bits per heavy atom. The van der Waals surface area contributed by atoms with Crippen LogP contribution in [0.2, 0.25) is 0 Å². The highest BCUT2D eigenvalue weighted by atomic mass is 16.5. The molecule has 0 amide bonds. The maximum Gasteiger partial charge on any atom is 0.337 e. The molecule has 3 aromatic rings. The molecular formula is C19H17NO4. The lowest BCUT2D eigenvalue weighted by Crippen LogP contribution is -2.03. The minimum Gasteiger partial charge on any atom is -0.493 e. The third-order valence-corrected chi connectivity index (χ3v) is 3.81. The summed E-state index contributed by atoms with van der Waals surface area (Å²) in [5.41, 5.74) is 7.31. The zero-order chi connectivity index (χ0) is 17.1. The van der Waals surface area contributed by atoms with Gasteiger partial charge in [0.25, 0.3) is 0 Å². The van der Waals surface area contributed by atoms with Crippen molar-refractivity contribution in [3.63, 3.8) is 0 Å². The molecule has 0 heterocycles. The third kappa shape index (κ3) is 2.96. The zero-order valence-electron chi connectivity index (χ0n) is 13.2.